The molecule has 0 saturated carbocycles. The largest absolute Gasteiger partial charge is 0.489 e. The molecular formula is C19H19F3N2O2. The van der Waals surface area contributed by atoms with Crippen LogP contribution in [0.4, 0.5) is 13.2 Å². The third kappa shape index (κ3) is 5.08. The van der Waals surface area contributed by atoms with E-state index in [9.17, 15) is 13.2 Å². The van der Waals surface area contributed by atoms with Gasteiger partial charge in [-0.1, -0.05) is 17.3 Å². The SMILES string of the molecule is CN=C(/C(C)=N/OC)c1ccc(OCc2cccc(C(F)(F)F)c2)cc1. The van der Waals surface area contributed by atoms with E-state index >= 15 is 0 Å². The minimum absolute atomic E-state index is 0.0438. The molecule has 0 amide bonds. The molecule has 4 nitrogen and oxygen atoms in total. The van der Waals surface area contributed by atoms with Crippen LogP contribution in [0.1, 0.15) is 23.6 Å². The first-order valence-electron chi connectivity index (χ1n) is 7.79. The number of benzene rings is 2. The van der Waals surface area contributed by atoms with Crippen LogP contribution >= 0.6 is 0 Å². The molecule has 0 fully saturated rings. The second-order valence-electron chi connectivity index (χ2n) is 5.44. The van der Waals surface area contributed by atoms with E-state index in [0.29, 0.717) is 22.7 Å². The summed E-state index contributed by atoms with van der Waals surface area (Å²) >= 11 is 0. The standard InChI is InChI=1S/C19H19F3N2O2/c1-13(24-25-3)18(23-2)15-7-9-17(10-8-15)26-12-14-5-4-6-16(11-14)19(20,21)22/h4-11H,12H2,1-3H3/b23-18?,24-13+. The molecule has 138 valence electrons. The minimum Gasteiger partial charge on any atom is -0.489 e. The van der Waals surface area contributed by atoms with Crippen LogP contribution in [0.25, 0.3) is 0 Å². The van der Waals surface area contributed by atoms with Crippen LogP contribution in [0.5, 0.6) is 5.75 Å². The Kier molecular flexibility index (Phi) is 6.38. The van der Waals surface area contributed by atoms with Crippen molar-refractivity contribution in [2.24, 2.45) is 10.1 Å². The van der Waals surface area contributed by atoms with Crippen molar-refractivity contribution in [1.82, 2.24) is 0 Å². The summed E-state index contributed by atoms with van der Waals surface area (Å²) in [7, 11) is 3.11. The average Bonchev–Trinajstić information content (AvgIpc) is 2.61. The van der Waals surface area contributed by atoms with E-state index in [-0.39, 0.29) is 6.61 Å². The normalized spacial score (nSPS) is 12.8. The van der Waals surface area contributed by atoms with Crippen LogP contribution in [0.3, 0.4) is 0 Å². The van der Waals surface area contributed by atoms with Crippen LogP contribution in [0.15, 0.2) is 58.7 Å². The fourth-order valence-corrected chi connectivity index (χ4v) is 2.39. The molecule has 2 aromatic carbocycles. The van der Waals surface area contributed by atoms with Gasteiger partial charge < -0.3 is 9.57 Å². The van der Waals surface area contributed by atoms with Crippen molar-refractivity contribution in [3.05, 3.63) is 65.2 Å². The minimum atomic E-state index is -4.37. The highest BCUT2D eigenvalue weighted by atomic mass is 19.4. The lowest BCUT2D eigenvalue weighted by molar-refractivity contribution is -0.137. The summed E-state index contributed by atoms with van der Waals surface area (Å²) < 4.78 is 43.8. The molecule has 0 bridgehead atoms. The lowest BCUT2D eigenvalue weighted by Gasteiger charge is -2.11. The highest BCUT2D eigenvalue weighted by Crippen LogP contribution is 2.29. The third-order valence-corrected chi connectivity index (χ3v) is 3.58. The smallest absolute Gasteiger partial charge is 0.416 e. The van der Waals surface area contributed by atoms with Gasteiger partial charge in [-0.3, -0.25) is 4.99 Å². The van der Waals surface area contributed by atoms with E-state index in [1.165, 1.54) is 13.2 Å². The van der Waals surface area contributed by atoms with Crippen molar-refractivity contribution in [2.75, 3.05) is 14.2 Å². The van der Waals surface area contributed by atoms with Crippen molar-refractivity contribution in [1.29, 1.82) is 0 Å². The first-order chi connectivity index (χ1) is 12.3. The summed E-state index contributed by atoms with van der Waals surface area (Å²) in [5, 5.41) is 3.86. The molecule has 0 aromatic heterocycles. The number of rotatable bonds is 6. The second kappa shape index (κ2) is 8.51. The molecule has 0 saturated heterocycles. The van der Waals surface area contributed by atoms with Gasteiger partial charge in [0.2, 0.25) is 0 Å². The maximum absolute atomic E-state index is 12.7. The van der Waals surface area contributed by atoms with Gasteiger partial charge in [0.25, 0.3) is 0 Å². The van der Waals surface area contributed by atoms with Gasteiger partial charge >= 0.3 is 6.18 Å². The van der Waals surface area contributed by atoms with Gasteiger partial charge in [0.1, 0.15) is 25.2 Å². The molecule has 0 heterocycles. The molecule has 0 aliphatic heterocycles. The lowest BCUT2D eigenvalue weighted by atomic mass is 10.1. The second-order valence-corrected chi connectivity index (χ2v) is 5.44. The van der Waals surface area contributed by atoms with E-state index in [1.54, 1.807) is 44.3 Å². The topological polar surface area (TPSA) is 43.2 Å². The quantitative estimate of drug-likeness (QED) is 0.550. The van der Waals surface area contributed by atoms with Gasteiger partial charge in [-0.15, -0.1) is 0 Å². The number of hydrogen-bond acceptors (Lipinski definition) is 4. The summed E-state index contributed by atoms with van der Waals surface area (Å²) in [5.41, 5.74) is 1.90. The number of ether oxygens (including phenoxy) is 1. The van der Waals surface area contributed by atoms with Crippen LogP contribution in [-0.4, -0.2) is 25.6 Å². The van der Waals surface area contributed by atoms with Crippen LogP contribution in [0, 0.1) is 0 Å². The van der Waals surface area contributed by atoms with Gasteiger partial charge in [-0.2, -0.15) is 13.2 Å². The van der Waals surface area contributed by atoms with Crippen LogP contribution in [-0.2, 0) is 17.6 Å². The number of nitrogens with zero attached hydrogens (tertiary/aromatic N) is 2. The van der Waals surface area contributed by atoms with E-state index in [1.807, 2.05) is 0 Å². The monoisotopic (exact) mass is 364 g/mol. The zero-order valence-electron chi connectivity index (χ0n) is 14.7. The zero-order valence-corrected chi connectivity index (χ0v) is 14.7. The molecular weight excluding hydrogens is 345 g/mol. The molecule has 0 spiro atoms. The van der Waals surface area contributed by atoms with E-state index in [4.69, 9.17) is 9.57 Å². The Labute approximate surface area is 150 Å². The van der Waals surface area contributed by atoms with Crippen molar-refractivity contribution in [2.45, 2.75) is 19.7 Å². The third-order valence-electron chi connectivity index (χ3n) is 3.58. The number of hydrogen-bond donors (Lipinski definition) is 0. The fourth-order valence-electron chi connectivity index (χ4n) is 2.39. The highest BCUT2D eigenvalue weighted by Gasteiger charge is 2.30. The Bertz CT molecular complexity index is 797. The average molecular weight is 364 g/mol. The van der Waals surface area contributed by atoms with Crippen molar-refractivity contribution < 1.29 is 22.7 Å². The van der Waals surface area contributed by atoms with Crippen molar-refractivity contribution >= 4 is 11.4 Å². The molecule has 2 aromatic rings. The van der Waals surface area contributed by atoms with E-state index in [0.717, 1.165) is 17.7 Å². The maximum Gasteiger partial charge on any atom is 0.416 e. The van der Waals surface area contributed by atoms with Crippen molar-refractivity contribution in [3.8, 4) is 5.75 Å². The summed E-state index contributed by atoms with van der Waals surface area (Å²) in [6, 6.07) is 12.1. The number of alkyl halides is 3. The molecule has 0 atom stereocenters. The Morgan fingerprint density at radius 3 is 2.35 bits per heavy atom. The zero-order chi connectivity index (χ0) is 19.2. The first-order valence-corrected chi connectivity index (χ1v) is 7.79. The van der Waals surface area contributed by atoms with Crippen LogP contribution in [0.2, 0.25) is 0 Å². The van der Waals surface area contributed by atoms with Gasteiger partial charge in [0.15, 0.2) is 0 Å². The number of oxime groups is 1. The number of aliphatic imine (C=N–C) groups is 1. The molecule has 7 heteroatoms. The van der Waals surface area contributed by atoms with E-state index in [2.05, 4.69) is 10.1 Å². The maximum atomic E-state index is 12.7. The molecule has 26 heavy (non-hydrogen) atoms. The molecule has 0 N–H and O–H groups in total. The Morgan fingerprint density at radius 1 is 1.08 bits per heavy atom. The van der Waals surface area contributed by atoms with Crippen LogP contribution < -0.4 is 4.74 Å². The lowest BCUT2D eigenvalue weighted by Crippen LogP contribution is -2.12. The molecule has 0 unspecified atom stereocenters. The van der Waals surface area contributed by atoms with Gasteiger partial charge in [-0.25, -0.2) is 0 Å². The molecule has 0 aliphatic rings. The van der Waals surface area contributed by atoms with Gasteiger partial charge in [-0.05, 0) is 48.9 Å². The Balaban J connectivity index is 2.07. The first kappa shape index (κ1) is 19.5. The Hall–Kier alpha value is -2.83. The molecule has 2 rings (SSSR count). The fraction of sp³-hybridized carbons (Fsp3) is 0.263. The highest BCUT2D eigenvalue weighted by molar-refractivity contribution is 6.47. The summed E-state index contributed by atoms with van der Waals surface area (Å²) in [4.78, 5) is 8.95. The summed E-state index contributed by atoms with van der Waals surface area (Å²) in [6.45, 7) is 1.83. The Morgan fingerprint density at radius 2 is 1.77 bits per heavy atom. The van der Waals surface area contributed by atoms with Gasteiger partial charge in [0.05, 0.1) is 11.3 Å². The van der Waals surface area contributed by atoms with Gasteiger partial charge in [0, 0.05) is 12.6 Å². The predicted octanol–water partition coefficient (Wildman–Crippen LogP) is 4.73. The summed E-state index contributed by atoms with van der Waals surface area (Å²) in [5.74, 6) is 0.544. The number of halogens is 3. The molecule has 0 radical (unpaired) electrons. The summed E-state index contributed by atoms with van der Waals surface area (Å²) in [6.07, 6.45) is -4.37. The van der Waals surface area contributed by atoms with E-state index < -0.39 is 11.7 Å². The molecule has 0 aliphatic carbocycles. The predicted molar refractivity (Wildman–Crippen MR) is 94.8 cm³/mol. The van der Waals surface area contributed by atoms with Crippen molar-refractivity contribution in [3.63, 3.8) is 0 Å².